The number of nitrogens with two attached hydrogens (primary N) is 1. The van der Waals surface area contributed by atoms with E-state index in [1.54, 1.807) is 6.07 Å². The van der Waals surface area contributed by atoms with Crippen LogP contribution >= 0.6 is 0 Å². The molecule has 0 radical (unpaired) electrons. The topological polar surface area (TPSA) is 67.1 Å². The minimum absolute atomic E-state index is 0.0593. The van der Waals surface area contributed by atoms with Crippen LogP contribution in [0.5, 0.6) is 0 Å². The van der Waals surface area contributed by atoms with Crippen molar-refractivity contribution in [2.45, 2.75) is 37.4 Å². The number of halogens is 3. The van der Waals surface area contributed by atoms with Crippen LogP contribution in [-0.2, 0) is 11.2 Å². The van der Waals surface area contributed by atoms with Gasteiger partial charge < -0.3 is 16.4 Å². The Morgan fingerprint density at radius 3 is 2.55 bits per heavy atom. The second-order valence-electron chi connectivity index (χ2n) is 5.35. The molecule has 1 heterocycles. The van der Waals surface area contributed by atoms with E-state index in [9.17, 15) is 18.0 Å². The number of hydrogen-bond donors (Lipinski definition) is 3. The lowest BCUT2D eigenvalue weighted by molar-refractivity contribution is -0.151. The Balaban J connectivity index is 1.90. The number of aryl methyl sites for hydroxylation is 1. The van der Waals surface area contributed by atoms with Gasteiger partial charge in [0.15, 0.2) is 0 Å². The zero-order chi connectivity index (χ0) is 14.5. The lowest BCUT2D eigenvalue weighted by Crippen LogP contribution is -2.39. The van der Waals surface area contributed by atoms with Gasteiger partial charge in [0.05, 0.1) is 11.4 Å². The summed E-state index contributed by atoms with van der Waals surface area (Å²) in [5.74, 6) is -0.105. The van der Waals surface area contributed by atoms with Gasteiger partial charge in [-0.05, 0) is 37.0 Å². The number of nitrogens with one attached hydrogen (secondary N) is 2. The third kappa shape index (κ3) is 2.07. The molecule has 0 saturated heterocycles. The summed E-state index contributed by atoms with van der Waals surface area (Å²) < 4.78 is 38.8. The fraction of sp³-hybridized carbons (Fsp3) is 0.462. The van der Waals surface area contributed by atoms with E-state index in [-0.39, 0.29) is 30.1 Å². The fourth-order valence-electron chi connectivity index (χ4n) is 2.42. The normalized spacial score (nSPS) is 20.1. The van der Waals surface area contributed by atoms with Crippen molar-refractivity contribution in [3.63, 3.8) is 0 Å². The molecule has 7 heteroatoms. The van der Waals surface area contributed by atoms with Crippen LogP contribution in [0.25, 0.3) is 0 Å². The summed E-state index contributed by atoms with van der Waals surface area (Å²) in [7, 11) is 0. The maximum atomic E-state index is 12.9. The molecule has 4 nitrogen and oxygen atoms in total. The summed E-state index contributed by atoms with van der Waals surface area (Å²) in [5.41, 5.74) is 5.83. The first-order chi connectivity index (χ1) is 9.31. The van der Waals surface area contributed by atoms with Gasteiger partial charge in [0.2, 0.25) is 5.91 Å². The first kappa shape index (κ1) is 13.1. The maximum Gasteiger partial charge on any atom is 0.411 e. The molecule has 0 aromatic heterocycles. The smallest absolute Gasteiger partial charge is 0.397 e. The average Bonchev–Trinajstić information content (AvgIpc) is 3.11. The summed E-state index contributed by atoms with van der Waals surface area (Å²) in [5, 5.41) is 5.20. The molecule has 4 N–H and O–H groups in total. The van der Waals surface area contributed by atoms with Crippen molar-refractivity contribution >= 4 is 23.0 Å². The van der Waals surface area contributed by atoms with Crippen molar-refractivity contribution in [2.75, 3.05) is 16.4 Å². The number of rotatable bonds is 2. The molecule has 0 unspecified atom stereocenters. The second-order valence-corrected chi connectivity index (χ2v) is 5.35. The average molecular weight is 285 g/mol. The molecule has 1 aliphatic carbocycles. The van der Waals surface area contributed by atoms with Crippen LogP contribution in [0.4, 0.5) is 30.2 Å². The molecule has 0 spiro atoms. The molecular formula is C13H14F3N3O. The Morgan fingerprint density at radius 2 is 1.95 bits per heavy atom. The van der Waals surface area contributed by atoms with Crippen molar-refractivity contribution in [1.82, 2.24) is 0 Å². The van der Waals surface area contributed by atoms with Gasteiger partial charge in [0, 0.05) is 12.1 Å². The van der Waals surface area contributed by atoms with Crippen molar-refractivity contribution < 1.29 is 18.0 Å². The second kappa shape index (κ2) is 4.04. The molecule has 108 valence electrons. The number of alkyl halides is 3. The highest BCUT2D eigenvalue weighted by molar-refractivity contribution is 5.95. The van der Waals surface area contributed by atoms with E-state index in [4.69, 9.17) is 5.73 Å². The summed E-state index contributed by atoms with van der Waals surface area (Å²) in [6, 6.07) is 3.12. The van der Waals surface area contributed by atoms with Gasteiger partial charge in [-0.25, -0.2) is 0 Å². The zero-order valence-corrected chi connectivity index (χ0v) is 10.6. The number of nitrogen functional groups attached to an aromatic ring is 1. The third-order valence-corrected chi connectivity index (χ3v) is 3.84. The van der Waals surface area contributed by atoms with E-state index in [2.05, 4.69) is 10.6 Å². The minimum Gasteiger partial charge on any atom is -0.397 e. The number of carbonyl (C=O) groups excluding carboxylic acids is 1. The van der Waals surface area contributed by atoms with Gasteiger partial charge in [0.25, 0.3) is 0 Å². The number of carbonyl (C=O) groups is 1. The number of amides is 1. The highest BCUT2D eigenvalue weighted by atomic mass is 19.4. The number of benzene rings is 1. The molecule has 0 atom stereocenters. The predicted molar refractivity (Wildman–Crippen MR) is 69.4 cm³/mol. The quantitative estimate of drug-likeness (QED) is 0.732. The first-order valence-corrected chi connectivity index (χ1v) is 6.38. The van der Waals surface area contributed by atoms with Crippen LogP contribution in [0.2, 0.25) is 0 Å². The first-order valence-electron chi connectivity index (χ1n) is 6.38. The van der Waals surface area contributed by atoms with Crippen LogP contribution in [0.3, 0.4) is 0 Å². The van der Waals surface area contributed by atoms with Gasteiger partial charge >= 0.3 is 6.18 Å². The van der Waals surface area contributed by atoms with Crippen LogP contribution < -0.4 is 16.4 Å². The number of anilines is 3. The molecule has 1 saturated carbocycles. The Hall–Kier alpha value is -1.92. The van der Waals surface area contributed by atoms with Crippen LogP contribution in [0.1, 0.15) is 24.8 Å². The Labute approximate surface area is 113 Å². The SMILES string of the molecule is Nc1cc2c(cc1NC1(C(F)(F)F)CC1)CCC(=O)N2. The van der Waals surface area contributed by atoms with Gasteiger partial charge in [-0.3, -0.25) is 4.79 Å². The number of hydrogen-bond acceptors (Lipinski definition) is 3. The highest BCUT2D eigenvalue weighted by Gasteiger charge is 2.63. The molecule has 1 fully saturated rings. The van der Waals surface area contributed by atoms with E-state index < -0.39 is 11.7 Å². The number of fused-ring (bicyclic) bond motifs is 1. The summed E-state index contributed by atoms with van der Waals surface area (Å²) in [6.07, 6.45) is -3.33. The molecule has 0 bridgehead atoms. The maximum absolute atomic E-state index is 12.9. The summed E-state index contributed by atoms with van der Waals surface area (Å²) in [6.45, 7) is 0. The standard InChI is InChI=1S/C13H14F3N3O/c14-13(15,16)12(3-4-12)19-10-5-7-1-2-11(20)18-9(7)6-8(10)17/h5-6,19H,1-4,17H2,(H,18,20). The minimum atomic E-state index is -4.29. The molecule has 1 amide bonds. The Morgan fingerprint density at radius 1 is 1.25 bits per heavy atom. The Kier molecular flexibility index (Phi) is 2.64. The lowest BCUT2D eigenvalue weighted by atomic mass is 10.0. The van der Waals surface area contributed by atoms with E-state index >= 15 is 0 Å². The van der Waals surface area contributed by atoms with E-state index in [1.165, 1.54) is 6.07 Å². The summed E-state index contributed by atoms with van der Waals surface area (Å²) in [4.78, 5) is 11.3. The van der Waals surface area contributed by atoms with Crippen molar-refractivity contribution in [2.24, 2.45) is 0 Å². The van der Waals surface area contributed by atoms with Gasteiger partial charge in [0.1, 0.15) is 5.54 Å². The third-order valence-electron chi connectivity index (χ3n) is 3.84. The molecule has 20 heavy (non-hydrogen) atoms. The van der Waals surface area contributed by atoms with Crippen LogP contribution in [-0.4, -0.2) is 17.6 Å². The molecule has 3 rings (SSSR count). The van der Waals surface area contributed by atoms with Crippen LogP contribution in [0.15, 0.2) is 12.1 Å². The fourth-order valence-corrected chi connectivity index (χ4v) is 2.42. The molecule has 2 aliphatic rings. The molecular weight excluding hydrogens is 271 g/mol. The highest BCUT2D eigenvalue weighted by Crippen LogP contribution is 2.52. The van der Waals surface area contributed by atoms with Crippen molar-refractivity contribution in [3.8, 4) is 0 Å². The monoisotopic (exact) mass is 285 g/mol. The van der Waals surface area contributed by atoms with Gasteiger partial charge in [-0.15, -0.1) is 0 Å². The van der Waals surface area contributed by atoms with Crippen molar-refractivity contribution in [1.29, 1.82) is 0 Å². The van der Waals surface area contributed by atoms with Crippen molar-refractivity contribution in [3.05, 3.63) is 17.7 Å². The van der Waals surface area contributed by atoms with E-state index in [1.807, 2.05) is 0 Å². The largest absolute Gasteiger partial charge is 0.411 e. The lowest BCUT2D eigenvalue weighted by Gasteiger charge is -2.25. The predicted octanol–water partition coefficient (Wildman–Crippen LogP) is 2.66. The molecule has 1 aromatic rings. The van der Waals surface area contributed by atoms with E-state index in [0.29, 0.717) is 18.5 Å². The van der Waals surface area contributed by atoms with Crippen LogP contribution in [0, 0.1) is 0 Å². The van der Waals surface area contributed by atoms with Gasteiger partial charge in [-0.2, -0.15) is 13.2 Å². The molecule has 1 aliphatic heterocycles. The zero-order valence-electron chi connectivity index (χ0n) is 10.6. The molecule has 1 aromatic carbocycles. The summed E-state index contributed by atoms with van der Waals surface area (Å²) >= 11 is 0. The Bertz CT molecular complexity index is 579. The van der Waals surface area contributed by atoms with E-state index in [0.717, 1.165) is 5.56 Å². The van der Waals surface area contributed by atoms with Gasteiger partial charge in [-0.1, -0.05) is 0 Å².